The lowest BCUT2D eigenvalue weighted by molar-refractivity contribution is -0.131. The van der Waals surface area contributed by atoms with Crippen molar-refractivity contribution in [2.45, 2.75) is 37.9 Å². The van der Waals surface area contributed by atoms with Crippen LogP contribution in [0, 0.1) is 24.0 Å². The molecule has 0 unspecified atom stereocenters. The van der Waals surface area contributed by atoms with Gasteiger partial charge in [-0.3, -0.25) is 4.79 Å². The van der Waals surface area contributed by atoms with Crippen molar-refractivity contribution in [3.05, 3.63) is 82.7 Å². The van der Waals surface area contributed by atoms with Crippen LogP contribution in [0.3, 0.4) is 0 Å². The number of hydrogen-bond donors (Lipinski definition) is 0. The van der Waals surface area contributed by atoms with Crippen molar-refractivity contribution in [2.24, 2.45) is 0 Å². The molecule has 1 amide bonds. The summed E-state index contributed by atoms with van der Waals surface area (Å²) in [5.41, 5.74) is -0.643. The lowest BCUT2D eigenvalue weighted by Crippen LogP contribution is -2.60. The molecule has 2 fully saturated rings. The van der Waals surface area contributed by atoms with Gasteiger partial charge in [-0.25, -0.2) is 24.1 Å². The van der Waals surface area contributed by atoms with Crippen LogP contribution in [0.2, 0.25) is 5.02 Å². The van der Waals surface area contributed by atoms with Gasteiger partial charge in [0.2, 0.25) is 6.54 Å². The van der Waals surface area contributed by atoms with E-state index in [1.807, 2.05) is 7.05 Å². The molecule has 0 saturated carbocycles. The van der Waals surface area contributed by atoms with E-state index in [1.165, 1.54) is 23.1 Å². The average Bonchev–Trinajstić information content (AvgIpc) is 3.46. The maximum absolute atomic E-state index is 16.8. The fraction of sp³-hybridized carbons (Fsp3) is 0.353. The molecule has 1 aromatic heterocycles. The molecule has 13 heteroatoms. The van der Waals surface area contributed by atoms with Crippen LogP contribution in [0.25, 0.3) is 37.6 Å². The van der Waals surface area contributed by atoms with Gasteiger partial charge in [0.15, 0.2) is 11.6 Å². The topological polar surface area (TPSA) is 66.2 Å². The fourth-order valence-electron chi connectivity index (χ4n) is 6.57. The van der Waals surface area contributed by atoms with Crippen molar-refractivity contribution in [1.29, 1.82) is 0 Å². The number of fused-ring (bicyclic) bond motifs is 2. The number of nitrogens with zero attached hydrogens (tertiary/aromatic N) is 6. The zero-order valence-electron chi connectivity index (χ0n) is 25.7. The average molecular weight is 667 g/mol. The number of ether oxygens (including phenoxy) is 1. The number of likely N-dealkylation sites (tertiary alicyclic amines) is 1. The first-order valence-corrected chi connectivity index (χ1v) is 15.5. The molecule has 8 nitrogen and oxygen atoms in total. The fourth-order valence-corrected chi connectivity index (χ4v) is 6.84. The van der Waals surface area contributed by atoms with E-state index in [0.29, 0.717) is 5.39 Å². The number of aromatic nitrogens is 2. The van der Waals surface area contributed by atoms with Crippen LogP contribution in [-0.2, 0) is 4.79 Å². The number of anilines is 1. The van der Waals surface area contributed by atoms with Gasteiger partial charge in [-0.05, 0) is 56.4 Å². The van der Waals surface area contributed by atoms with Crippen molar-refractivity contribution in [1.82, 2.24) is 19.8 Å². The Hall–Kier alpha value is -4.47. The van der Waals surface area contributed by atoms with Gasteiger partial charge in [-0.1, -0.05) is 42.4 Å². The summed E-state index contributed by atoms with van der Waals surface area (Å²) in [4.78, 5) is 30.2. The van der Waals surface area contributed by atoms with Crippen molar-refractivity contribution in [3.8, 4) is 17.1 Å². The van der Waals surface area contributed by atoms with Crippen LogP contribution in [0.5, 0.6) is 6.01 Å². The Morgan fingerprint density at radius 3 is 2.64 bits per heavy atom. The standard InChI is InChI=1S/C34H31ClF4N6O2/c1-18-15-45(33(46)19(2)36)22(14-40-3)16-44(18)32-24-13-26(38)28(23-9-5-7-20-10-11-25(37)29(35)27(20)23)30(39)31(24)41-34(42-32)47-17-21-8-6-12-43(21)4/h5,7,9-11,13,18,21-22H,2,6,8,12,14-17H2,1,4H3/t18-,21-,22-/m0/s1. The second kappa shape index (κ2) is 13.0. The minimum absolute atomic E-state index is 0.000366. The van der Waals surface area contributed by atoms with E-state index in [4.69, 9.17) is 22.9 Å². The molecule has 2 saturated heterocycles. The van der Waals surface area contributed by atoms with E-state index < -0.39 is 46.8 Å². The van der Waals surface area contributed by atoms with E-state index in [9.17, 15) is 13.6 Å². The Balaban J connectivity index is 1.52. The summed E-state index contributed by atoms with van der Waals surface area (Å²) >= 11 is 6.33. The predicted molar refractivity (Wildman–Crippen MR) is 173 cm³/mol. The number of carbonyl (C=O) groups excluding carboxylic acids is 1. The van der Waals surface area contributed by atoms with E-state index in [1.54, 1.807) is 24.0 Å². The summed E-state index contributed by atoms with van der Waals surface area (Å²) in [6, 6.07) is 7.17. The highest BCUT2D eigenvalue weighted by molar-refractivity contribution is 6.37. The number of carbonyl (C=O) groups is 1. The minimum atomic E-state index is -1.15. The lowest BCUT2D eigenvalue weighted by atomic mass is 9.95. The largest absolute Gasteiger partial charge is 0.462 e. The maximum atomic E-state index is 16.8. The summed E-state index contributed by atoms with van der Waals surface area (Å²) in [6.45, 7) is 13.3. The number of amides is 1. The number of halogens is 5. The molecule has 0 N–H and O–H groups in total. The van der Waals surface area contributed by atoms with Gasteiger partial charge in [0.05, 0.1) is 10.6 Å². The first kappa shape index (κ1) is 32.5. The van der Waals surface area contributed by atoms with Crippen LogP contribution in [0.1, 0.15) is 19.8 Å². The second-order valence-corrected chi connectivity index (χ2v) is 12.4. The minimum Gasteiger partial charge on any atom is -0.462 e. The third kappa shape index (κ3) is 5.94. The summed E-state index contributed by atoms with van der Waals surface area (Å²) in [6.07, 6.45) is 1.89. The Kier molecular flexibility index (Phi) is 8.96. The number of likely N-dealkylation sites (N-methyl/N-ethyl adjacent to an activating group) is 1. The molecule has 0 aliphatic carbocycles. The molecule has 244 valence electrons. The number of piperazine rings is 1. The Bertz CT molecular complexity index is 1950. The van der Waals surface area contributed by atoms with E-state index in [0.717, 1.165) is 25.5 Å². The zero-order chi connectivity index (χ0) is 33.6. The molecule has 3 aromatic carbocycles. The first-order valence-electron chi connectivity index (χ1n) is 15.1. The highest BCUT2D eigenvalue weighted by atomic mass is 35.5. The van der Waals surface area contributed by atoms with Gasteiger partial charge in [0.1, 0.15) is 35.6 Å². The van der Waals surface area contributed by atoms with Gasteiger partial charge in [0, 0.05) is 35.9 Å². The van der Waals surface area contributed by atoms with Gasteiger partial charge >= 0.3 is 6.01 Å². The zero-order valence-corrected chi connectivity index (χ0v) is 26.5. The molecule has 0 bridgehead atoms. The SMILES string of the molecule is [C-]#[N+]C[C@H]1CN(c2nc(OC[C@@H]3CCCN3C)nc3c(F)c(-c4cccc5ccc(F)c(Cl)c45)c(F)cc23)[C@@H](C)CN1C(=O)C(=C)F. The molecule has 0 spiro atoms. The summed E-state index contributed by atoms with van der Waals surface area (Å²) in [7, 11) is 1.98. The molecule has 47 heavy (non-hydrogen) atoms. The maximum Gasteiger partial charge on any atom is 0.319 e. The number of rotatable bonds is 7. The van der Waals surface area contributed by atoms with Crippen LogP contribution in [-0.4, -0.2) is 83.6 Å². The quantitative estimate of drug-likeness (QED) is 0.123. The van der Waals surface area contributed by atoms with Crippen molar-refractivity contribution in [2.75, 3.05) is 44.7 Å². The molecule has 3 atom stereocenters. The Morgan fingerprint density at radius 2 is 1.94 bits per heavy atom. The van der Waals surface area contributed by atoms with E-state index in [2.05, 4.69) is 26.3 Å². The number of benzene rings is 3. The van der Waals surface area contributed by atoms with Crippen LogP contribution in [0.15, 0.2) is 48.8 Å². The Labute approximate surface area is 274 Å². The highest BCUT2D eigenvalue weighted by Gasteiger charge is 2.39. The predicted octanol–water partition coefficient (Wildman–Crippen LogP) is 6.80. The molecule has 6 rings (SSSR count). The summed E-state index contributed by atoms with van der Waals surface area (Å²) in [5.74, 6) is -4.65. The Morgan fingerprint density at radius 1 is 1.15 bits per heavy atom. The second-order valence-electron chi connectivity index (χ2n) is 12.0. The van der Waals surface area contributed by atoms with Gasteiger partial charge in [0.25, 0.3) is 5.91 Å². The lowest BCUT2D eigenvalue weighted by Gasteiger charge is -2.44. The van der Waals surface area contributed by atoms with Crippen molar-refractivity contribution in [3.63, 3.8) is 0 Å². The van der Waals surface area contributed by atoms with Crippen LogP contribution < -0.4 is 9.64 Å². The van der Waals surface area contributed by atoms with Crippen LogP contribution in [0.4, 0.5) is 23.4 Å². The van der Waals surface area contributed by atoms with E-state index in [-0.39, 0.29) is 71.0 Å². The van der Waals surface area contributed by atoms with E-state index >= 15 is 8.78 Å². The van der Waals surface area contributed by atoms with Gasteiger partial charge < -0.3 is 24.3 Å². The molecule has 4 aromatic rings. The molecular formula is C34H31ClF4N6O2. The third-order valence-electron chi connectivity index (χ3n) is 9.03. The first-order chi connectivity index (χ1) is 22.5. The summed E-state index contributed by atoms with van der Waals surface area (Å²) < 4.78 is 67.5. The molecule has 2 aliphatic heterocycles. The third-order valence-corrected chi connectivity index (χ3v) is 9.40. The summed E-state index contributed by atoms with van der Waals surface area (Å²) in [5, 5.41) is 0.388. The highest BCUT2D eigenvalue weighted by Crippen LogP contribution is 2.41. The molecule has 0 radical (unpaired) electrons. The smallest absolute Gasteiger partial charge is 0.319 e. The molecular weight excluding hydrogens is 636 g/mol. The molecule has 2 aliphatic rings. The number of hydrogen-bond acceptors (Lipinski definition) is 6. The van der Waals surface area contributed by atoms with Gasteiger partial charge in [-0.15, -0.1) is 0 Å². The van der Waals surface area contributed by atoms with Crippen molar-refractivity contribution >= 4 is 45.0 Å². The normalized spacial score (nSPS) is 20.2. The van der Waals surface area contributed by atoms with Gasteiger partial charge in [-0.2, -0.15) is 9.97 Å². The van der Waals surface area contributed by atoms with Crippen molar-refractivity contribution < 1.29 is 27.1 Å². The van der Waals surface area contributed by atoms with Crippen LogP contribution >= 0.6 is 11.6 Å². The monoisotopic (exact) mass is 666 g/mol. The molecule has 3 heterocycles.